The van der Waals surface area contributed by atoms with Gasteiger partial charge in [0, 0.05) is 29.3 Å². The number of amides is 1. The van der Waals surface area contributed by atoms with Gasteiger partial charge in [0.15, 0.2) is 0 Å². The summed E-state index contributed by atoms with van der Waals surface area (Å²) in [6.07, 6.45) is 0. The lowest BCUT2D eigenvalue weighted by molar-refractivity contribution is -0.122. The number of likely N-dealkylation sites (N-methyl/N-ethyl adjacent to an activating group) is 1. The molecule has 0 aliphatic carbocycles. The summed E-state index contributed by atoms with van der Waals surface area (Å²) in [5.74, 6) is -0.333. The molecule has 0 saturated carbocycles. The van der Waals surface area contributed by atoms with Gasteiger partial charge in [-0.25, -0.2) is 0 Å². The SMILES string of the molecule is CNC(=O)[C@H](CSN=O)NN=O. The van der Waals surface area contributed by atoms with Crippen LogP contribution in [-0.4, -0.2) is 24.7 Å². The molecule has 0 aromatic carbocycles. The molecule has 0 aromatic heterocycles. The second-order valence-electron chi connectivity index (χ2n) is 1.76. The van der Waals surface area contributed by atoms with Crippen LogP contribution in [0.15, 0.2) is 9.87 Å². The Bertz CT molecular complexity index is 176. The van der Waals surface area contributed by atoms with Crippen molar-refractivity contribution < 1.29 is 4.79 Å². The van der Waals surface area contributed by atoms with Crippen molar-refractivity contribution in [2.45, 2.75) is 6.04 Å². The van der Waals surface area contributed by atoms with E-state index in [9.17, 15) is 14.6 Å². The molecule has 2 N–H and O–H groups in total. The average molecular weight is 192 g/mol. The van der Waals surface area contributed by atoms with Gasteiger partial charge in [0.05, 0.1) is 5.29 Å². The van der Waals surface area contributed by atoms with Crippen molar-refractivity contribution in [3.8, 4) is 0 Å². The second-order valence-corrected chi connectivity index (χ2v) is 2.50. The van der Waals surface area contributed by atoms with Gasteiger partial charge in [0.2, 0.25) is 5.91 Å². The lowest BCUT2D eigenvalue weighted by Gasteiger charge is -2.09. The van der Waals surface area contributed by atoms with Crippen molar-refractivity contribution in [1.29, 1.82) is 0 Å². The number of carbonyl (C=O) groups is 1. The molecule has 0 aliphatic heterocycles. The second kappa shape index (κ2) is 6.53. The fraction of sp³-hybridized carbons (Fsp3) is 0.750. The van der Waals surface area contributed by atoms with E-state index in [-0.39, 0.29) is 5.75 Å². The average Bonchev–Trinajstić information content (AvgIpc) is 2.11. The summed E-state index contributed by atoms with van der Waals surface area (Å²) in [6.45, 7) is 0. The topological polar surface area (TPSA) is 100.0 Å². The van der Waals surface area contributed by atoms with Gasteiger partial charge < -0.3 is 5.32 Å². The van der Waals surface area contributed by atoms with E-state index in [1.165, 1.54) is 7.05 Å². The molecule has 0 aromatic rings. The van der Waals surface area contributed by atoms with Crippen LogP contribution in [0.4, 0.5) is 0 Å². The van der Waals surface area contributed by atoms with E-state index in [2.05, 4.69) is 15.2 Å². The van der Waals surface area contributed by atoms with Crippen molar-refractivity contribution in [1.82, 2.24) is 10.7 Å². The fourth-order valence-corrected chi connectivity index (χ4v) is 0.950. The summed E-state index contributed by atoms with van der Waals surface area (Å²) in [7, 11) is 1.42. The van der Waals surface area contributed by atoms with Crippen molar-refractivity contribution >= 4 is 17.9 Å². The monoisotopic (exact) mass is 192 g/mol. The highest BCUT2D eigenvalue weighted by Crippen LogP contribution is 2.03. The minimum atomic E-state index is -0.810. The third kappa shape index (κ3) is 3.86. The number of nitroso groups, excluding NO2 is 2. The van der Waals surface area contributed by atoms with Gasteiger partial charge in [0.1, 0.15) is 6.04 Å². The predicted octanol–water partition coefficient (Wildman–Crippen LogP) is -0.213. The molecule has 0 fully saturated rings. The Morgan fingerprint density at radius 2 is 2.25 bits per heavy atom. The lowest BCUT2D eigenvalue weighted by Crippen LogP contribution is -2.42. The lowest BCUT2D eigenvalue weighted by atomic mass is 10.3. The summed E-state index contributed by atoms with van der Waals surface area (Å²) < 4.78 is 2.48. The van der Waals surface area contributed by atoms with Crippen molar-refractivity contribution in [3.05, 3.63) is 9.81 Å². The molecular weight excluding hydrogens is 184 g/mol. The van der Waals surface area contributed by atoms with Gasteiger partial charge in [-0.1, -0.05) is 0 Å². The first-order chi connectivity index (χ1) is 5.76. The van der Waals surface area contributed by atoms with E-state index in [0.29, 0.717) is 11.9 Å². The zero-order chi connectivity index (χ0) is 9.40. The highest BCUT2D eigenvalue weighted by molar-refractivity contribution is 7.97. The maximum atomic E-state index is 10.9. The zero-order valence-corrected chi connectivity index (χ0v) is 7.13. The molecule has 68 valence electrons. The summed E-state index contributed by atoms with van der Waals surface area (Å²) in [4.78, 5) is 30.3. The Labute approximate surface area is 72.7 Å². The van der Waals surface area contributed by atoms with Crippen LogP contribution in [0.2, 0.25) is 0 Å². The number of carbonyl (C=O) groups excluding carboxylic acids is 1. The number of hydrogen-bond acceptors (Lipinski definition) is 6. The summed E-state index contributed by atoms with van der Waals surface area (Å²) in [6, 6.07) is -0.810. The first-order valence-electron chi connectivity index (χ1n) is 3.00. The van der Waals surface area contributed by atoms with E-state index >= 15 is 0 Å². The molecule has 0 rings (SSSR count). The standard InChI is InChI=1S/C4H8N4O3S/c1-5-4(9)3(6-7-10)2-12-8-11/h3H,2H2,1H3,(H,5,9)(H,6,10)/t3-/m0/s1. The van der Waals surface area contributed by atoms with Crippen LogP contribution in [0.1, 0.15) is 0 Å². The minimum absolute atomic E-state index is 0.0783. The molecule has 0 spiro atoms. The summed E-state index contributed by atoms with van der Waals surface area (Å²) in [5, 5.41) is 4.64. The predicted molar refractivity (Wildman–Crippen MR) is 45.0 cm³/mol. The Hall–Kier alpha value is -1.18. The number of nitrogens with zero attached hydrogens (tertiary/aromatic N) is 2. The third-order valence-electron chi connectivity index (χ3n) is 1.07. The zero-order valence-electron chi connectivity index (χ0n) is 6.31. The Morgan fingerprint density at radius 1 is 1.58 bits per heavy atom. The van der Waals surface area contributed by atoms with Gasteiger partial charge in [-0.15, -0.1) is 9.81 Å². The highest BCUT2D eigenvalue weighted by Gasteiger charge is 2.16. The normalized spacial score (nSPS) is 11.4. The van der Waals surface area contributed by atoms with Gasteiger partial charge in [-0.05, 0) is 0 Å². The maximum Gasteiger partial charge on any atom is 0.244 e. The van der Waals surface area contributed by atoms with Crippen molar-refractivity contribution in [3.63, 3.8) is 0 Å². The highest BCUT2D eigenvalue weighted by atomic mass is 32.2. The van der Waals surface area contributed by atoms with Crippen LogP contribution in [-0.2, 0) is 4.79 Å². The van der Waals surface area contributed by atoms with E-state index in [1.807, 2.05) is 5.43 Å². The third-order valence-corrected chi connectivity index (χ3v) is 1.65. The Morgan fingerprint density at radius 3 is 2.67 bits per heavy atom. The first kappa shape index (κ1) is 10.8. The van der Waals surface area contributed by atoms with E-state index in [4.69, 9.17) is 0 Å². The maximum absolute atomic E-state index is 10.9. The molecule has 1 amide bonds. The molecule has 0 saturated heterocycles. The largest absolute Gasteiger partial charge is 0.357 e. The van der Waals surface area contributed by atoms with Gasteiger partial charge in [-0.3, -0.25) is 10.2 Å². The Balaban J connectivity index is 3.92. The van der Waals surface area contributed by atoms with Gasteiger partial charge in [-0.2, -0.15) is 0 Å². The molecule has 0 aliphatic rings. The quantitative estimate of drug-likeness (QED) is 0.344. The van der Waals surface area contributed by atoms with Crippen molar-refractivity contribution in [2.24, 2.45) is 9.87 Å². The summed E-state index contributed by atoms with van der Waals surface area (Å²) in [5.41, 5.74) is 2.01. The molecule has 12 heavy (non-hydrogen) atoms. The van der Waals surface area contributed by atoms with Crippen LogP contribution in [0.25, 0.3) is 0 Å². The molecule has 1 atom stereocenters. The van der Waals surface area contributed by atoms with Crippen LogP contribution < -0.4 is 10.7 Å². The van der Waals surface area contributed by atoms with Crippen LogP contribution >= 0.6 is 11.9 Å². The molecule has 0 heterocycles. The molecule has 0 radical (unpaired) electrons. The molecule has 8 heteroatoms. The Kier molecular flexibility index (Phi) is 5.88. The van der Waals surface area contributed by atoms with Gasteiger partial charge in [0.25, 0.3) is 0 Å². The molecular formula is C4H8N4O3S. The molecule has 0 unspecified atom stereocenters. The van der Waals surface area contributed by atoms with Gasteiger partial charge >= 0.3 is 0 Å². The van der Waals surface area contributed by atoms with E-state index in [1.54, 1.807) is 0 Å². The number of hydrogen-bond donors (Lipinski definition) is 2. The van der Waals surface area contributed by atoms with E-state index < -0.39 is 11.9 Å². The number of nitrogens with one attached hydrogen (secondary N) is 2. The van der Waals surface area contributed by atoms with Crippen LogP contribution in [0.3, 0.4) is 0 Å². The fourth-order valence-electron chi connectivity index (χ4n) is 0.514. The van der Waals surface area contributed by atoms with Crippen molar-refractivity contribution in [2.75, 3.05) is 12.8 Å². The smallest absolute Gasteiger partial charge is 0.244 e. The number of rotatable bonds is 6. The summed E-state index contributed by atoms with van der Waals surface area (Å²) >= 11 is 0.647. The molecule has 0 bridgehead atoms. The van der Waals surface area contributed by atoms with Crippen LogP contribution in [0.5, 0.6) is 0 Å². The first-order valence-corrected chi connectivity index (χ1v) is 3.94. The van der Waals surface area contributed by atoms with Crippen LogP contribution in [0, 0.1) is 9.81 Å². The minimum Gasteiger partial charge on any atom is -0.357 e. The molecule has 7 nitrogen and oxygen atoms in total. The van der Waals surface area contributed by atoms with E-state index in [0.717, 1.165) is 0 Å².